The number of ether oxygens (including phenoxy) is 2. The fraction of sp³-hybridized carbons (Fsp3) is 0.875. The van der Waals surface area contributed by atoms with Gasteiger partial charge in [-0.05, 0) is 33.6 Å². The molecule has 0 aliphatic carbocycles. The van der Waals surface area contributed by atoms with Gasteiger partial charge in [-0.2, -0.15) is 0 Å². The third-order valence-electron chi connectivity index (χ3n) is 3.09. The van der Waals surface area contributed by atoms with Crippen LogP contribution in [0, 0.1) is 5.92 Å². The molecule has 0 aliphatic rings. The van der Waals surface area contributed by atoms with Crippen molar-refractivity contribution in [1.29, 1.82) is 0 Å². The van der Waals surface area contributed by atoms with Crippen molar-refractivity contribution >= 4 is 12.1 Å². The van der Waals surface area contributed by atoms with E-state index in [1.54, 1.807) is 20.8 Å². The van der Waals surface area contributed by atoms with Crippen molar-refractivity contribution in [2.24, 2.45) is 5.92 Å². The lowest BCUT2D eigenvalue weighted by Gasteiger charge is -2.27. The standard InChI is InChI=1S/C16H31NO5/c1-6-8-9-10-13(19)21-14(12(7-2)11-18)17-15(20)22-16(3,4)5/h12,14,18H,6-11H2,1-5H3,(H,17,20). The van der Waals surface area contributed by atoms with E-state index in [0.29, 0.717) is 12.8 Å². The van der Waals surface area contributed by atoms with Crippen LogP contribution in [-0.2, 0) is 14.3 Å². The number of rotatable bonds is 9. The summed E-state index contributed by atoms with van der Waals surface area (Å²) in [7, 11) is 0. The van der Waals surface area contributed by atoms with Crippen LogP contribution in [0.25, 0.3) is 0 Å². The number of alkyl carbamates (subject to hydrolysis) is 1. The first-order valence-corrected chi connectivity index (χ1v) is 8.03. The molecule has 0 fully saturated rings. The minimum Gasteiger partial charge on any atom is -0.444 e. The highest BCUT2D eigenvalue weighted by molar-refractivity contribution is 5.71. The second-order valence-corrected chi connectivity index (χ2v) is 6.36. The molecule has 0 aromatic rings. The molecule has 0 aromatic carbocycles. The molecule has 0 saturated carbocycles. The molecule has 6 heteroatoms. The Hall–Kier alpha value is -1.30. The summed E-state index contributed by atoms with van der Waals surface area (Å²) in [6, 6.07) is 0. The van der Waals surface area contributed by atoms with E-state index in [1.165, 1.54) is 0 Å². The molecular formula is C16H31NO5. The molecule has 22 heavy (non-hydrogen) atoms. The average molecular weight is 317 g/mol. The summed E-state index contributed by atoms with van der Waals surface area (Å²) >= 11 is 0. The lowest BCUT2D eigenvalue weighted by Crippen LogP contribution is -2.46. The molecule has 6 nitrogen and oxygen atoms in total. The van der Waals surface area contributed by atoms with Gasteiger partial charge in [0.05, 0.1) is 6.61 Å². The molecule has 0 radical (unpaired) electrons. The highest BCUT2D eigenvalue weighted by Gasteiger charge is 2.27. The van der Waals surface area contributed by atoms with E-state index in [4.69, 9.17) is 9.47 Å². The quantitative estimate of drug-likeness (QED) is 0.388. The van der Waals surface area contributed by atoms with E-state index in [0.717, 1.165) is 19.3 Å². The molecule has 0 saturated heterocycles. The molecule has 130 valence electrons. The number of nitrogens with one attached hydrogen (secondary N) is 1. The van der Waals surface area contributed by atoms with Crippen molar-refractivity contribution in [1.82, 2.24) is 5.32 Å². The van der Waals surface area contributed by atoms with E-state index in [1.807, 2.05) is 6.92 Å². The maximum atomic E-state index is 11.8. The molecule has 0 aliphatic heterocycles. The Labute approximate surface area is 133 Å². The van der Waals surface area contributed by atoms with Crippen molar-refractivity contribution in [2.75, 3.05) is 6.61 Å². The van der Waals surface area contributed by atoms with Crippen LogP contribution >= 0.6 is 0 Å². The fourth-order valence-electron chi connectivity index (χ4n) is 1.83. The van der Waals surface area contributed by atoms with Gasteiger partial charge in [0.1, 0.15) is 5.60 Å². The topological polar surface area (TPSA) is 84.9 Å². The zero-order chi connectivity index (χ0) is 17.2. The third-order valence-corrected chi connectivity index (χ3v) is 3.09. The van der Waals surface area contributed by atoms with Crippen LogP contribution in [0.1, 0.15) is 66.7 Å². The van der Waals surface area contributed by atoms with Crippen LogP contribution in [0.3, 0.4) is 0 Å². The van der Waals surface area contributed by atoms with Gasteiger partial charge in [-0.3, -0.25) is 10.1 Å². The first kappa shape index (κ1) is 20.7. The molecule has 0 aromatic heterocycles. The molecule has 2 atom stereocenters. The van der Waals surface area contributed by atoms with E-state index >= 15 is 0 Å². The normalized spacial score (nSPS) is 14.1. The van der Waals surface area contributed by atoms with Gasteiger partial charge in [-0.1, -0.05) is 26.7 Å². The highest BCUT2D eigenvalue weighted by Crippen LogP contribution is 2.14. The number of hydrogen-bond donors (Lipinski definition) is 2. The first-order valence-electron chi connectivity index (χ1n) is 8.03. The number of aliphatic hydroxyl groups is 1. The average Bonchev–Trinajstić information content (AvgIpc) is 2.37. The van der Waals surface area contributed by atoms with Crippen molar-refractivity contribution in [3.63, 3.8) is 0 Å². The smallest absolute Gasteiger partial charge is 0.410 e. The Kier molecular flexibility index (Phi) is 9.81. The Morgan fingerprint density at radius 2 is 1.82 bits per heavy atom. The minimum atomic E-state index is -0.876. The number of esters is 1. The largest absolute Gasteiger partial charge is 0.444 e. The van der Waals surface area contributed by atoms with Crippen LogP contribution in [-0.4, -0.2) is 35.6 Å². The van der Waals surface area contributed by atoms with Gasteiger partial charge in [0.15, 0.2) is 6.23 Å². The zero-order valence-corrected chi connectivity index (χ0v) is 14.5. The van der Waals surface area contributed by atoms with Crippen LogP contribution in [0.5, 0.6) is 0 Å². The maximum absolute atomic E-state index is 11.8. The Morgan fingerprint density at radius 1 is 1.18 bits per heavy atom. The van der Waals surface area contributed by atoms with Gasteiger partial charge >= 0.3 is 12.1 Å². The Morgan fingerprint density at radius 3 is 2.27 bits per heavy atom. The van der Waals surface area contributed by atoms with Crippen molar-refractivity contribution < 1.29 is 24.2 Å². The second-order valence-electron chi connectivity index (χ2n) is 6.36. The van der Waals surface area contributed by atoms with Crippen LogP contribution in [0.15, 0.2) is 0 Å². The number of hydrogen-bond acceptors (Lipinski definition) is 5. The lowest BCUT2D eigenvalue weighted by molar-refractivity contribution is -0.154. The molecule has 0 bridgehead atoms. The predicted octanol–water partition coefficient (Wildman–Crippen LogP) is 2.98. The molecular weight excluding hydrogens is 286 g/mol. The molecule has 0 heterocycles. The second kappa shape index (κ2) is 10.4. The van der Waals surface area contributed by atoms with Gasteiger partial charge in [0.2, 0.25) is 0 Å². The summed E-state index contributed by atoms with van der Waals surface area (Å²) in [4.78, 5) is 23.7. The number of amides is 1. The number of carbonyl (C=O) groups is 2. The summed E-state index contributed by atoms with van der Waals surface area (Å²) in [5.74, 6) is -0.732. The Bertz CT molecular complexity index is 334. The molecule has 1 amide bonds. The highest BCUT2D eigenvalue weighted by atomic mass is 16.6. The van der Waals surface area contributed by atoms with Gasteiger partial charge in [0.25, 0.3) is 0 Å². The number of carbonyl (C=O) groups excluding carboxylic acids is 2. The summed E-state index contributed by atoms with van der Waals surface area (Å²) in [6.07, 6.45) is 2.06. The predicted molar refractivity (Wildman–Crippen MR) is 84.3 cm³/mol. The molecule has 0 spiro atoms. The van der Waals surface area contributed by atoms with Gasteiger partial charge < -0.3 is 14.6 Å². The Balaban J connectivity index is 4.62. The third kappa shape index (κ3) is 9.60. The van der Waals surface area contributed by atoms with Gasteiger partial charge in [-0.15, -0.1) is 0 Å². The number of unbranched alkanes of at least 4 members (excludes halogenated alkanes) is 2. The lowest BCUT2D eigenvalue weighted by atomic mass is 10.1. The van der Waals surface area contributed by atoms with Crippen molar-refractivity contribution in [3.05, 3.63) is 0 Å². The first-order chi connectivity index (χ1) is 10.2. The molecule has 0 rings (SSSR count). The summed E-state index contributed by atoms with van der Waals surface area (Å²) in [5, 5.41) is 11.9. The fourth-order valence-corrected chi connectivity index (χ4v) is 1.83. The van der Waals surface area contributed by atoms with Crippen molar-refractivity contribution in [3.8, 4) is 0 Å². The van der Waals surface area contributed by atoms with E-state index in [-0.39, 0.29) is 18.5 Å². The molecule has 2 unspecified atom stereocenters. The zero-order valence-electron chi connectivity index (χ0n) is 14.5. The summed E-state index contributed by atoms with van der Waals surface area (Å²) < 4.78 is 10.5. The number of aliphatic hydroxyl groups excluding tert-OH is 1. The van der Waals surface area contributed by atoms with Crippen LogP contribution in [0.4, 0.5) is 4.79 Å². The maximum Gasteiger partial charge on any atom is 0.410 e. The van der Waals surface area contributed by atoms with Gasteiger partial charge in [-0.25, -0.2) is 4.79 Å². The van der Waals surface area contributed by atoms with Crippen LogP contribution < -0.4 is 5.32 Å². The summed E-state index contributed by atoms with van der Waals surface area (Å²) in [5.41, 5.74) is -0.638. The monoisotopic (exact) mass is 317 g/mol. The van der Waals surface area contributed by atoms with E-state index in [9.17, 15) is 14.7 Å². The molecule has 2 N–H and O–H groups in total. The van der Waals surface area contributed by atoms with Crippen molar-refractivity contribution in [2.45, 2.75) is 78.6 Å². The van der Waals surface area contributed by atoms with Crippen LogP contribution in [0.2, 0.25) is 0 Å². The SMILES string of the molecule is CCCCCC(=O)OC(NC(=O)OC(C)(C)C)C(CC)CO. The minimum absolute atomic E-state index is 0.181. The summed E-state index contributed by atoms with van der Waals surface area (Å²) in [6.45, 7) is 8.98. The van der Waals surface area contributed by atoms with E-state index < -0.39 is 17.9 Å². The van der Waals surface area contributed by atoms with E-state index in [2.05, 4.69) is 12.2 Å². The van der Waals surface area contributed by atoms with Gasteiger partial charge in [0, 0.05) is 12.3 Å².